The average molecular weight is 312 g/mol. The van der Waals surface area contributed by atoms with Gasteiger partial charge in [-0.25, -0.2) is 0 Å². The molecule has 1 aliphatic carbocycles. The number of aryl methyl sites for hydroxylation is 1. The molecule has 1 heterocycles. The van der Waals surface area contributed by atoms with Crippen LogP contribution in [0.5, 0.6) is 11.5 Å². The summed E-state index contributed by atoms with van der Waals surface area (Å²) < 4.78 is 5.86. The predicted octanol–water partition coefficient (Wildman–Crippen LogP) is 3.58. The number of nitrogens with zero attached hydrogens (tertiary/aromatic N) is 1. The molecule has 0 bridgehead atoms. The van der Waals surface area contributed by atoms with Crippen molar-refractivity contribution in [3.63, 3.8) is 0 Å². The normalized spacial score (nSPS) is 21.1. The van der Waals surface area contributed by atoms with Gasteiger partial charge in [0.2, 0.25) is 0 Å². The van der Waals surface area contributed by atoms with E-state index in [-0.39, 0.29) is 6.10 Å². The van der Waals surface area contributed by atoms with E-state index in [1.54, 1.807) is 12.4 Å². The summed E-state index contributed by atoms with van der Waals surface area (Å²) in [7, 11) is 0. The van der Waals surface area contributed by atoms with Gasteiger partial charge in [-0.15, -0.1) is 0 Å². The van der Waals surface area contributed by atoms with Gasteiger partial charge in [0.25, 0.3) is 0 Å². The van der Waals surface area contributed by atoms with Crippen LogP contribution >= 0.6 is 0 Å². The first-order valence-corrected chi connectivity index (χ1v) is 8.29. The van der Waals surface area contributed by atoms with E-state index < -0.39 is 0 Å². The third kappa shape index (κ3) is 4.53. The topological polar surface area (TPSA) is 54.4 Å². The first kappa shape index (κ1) is 16.0. The predicted molar refractivity (Wildman–Crippen MR) is 90.6 cm³/mol. The summed E-state index contributed by atoms with van der Waals surface area (Å²) in [5.41, 5.74) is 2.37. The molecule has 2 N–H and O–H groups in total. The molecule has 1 aromatic carbocycles. The molecule has 3 rings (SSSR count). The maximum absolute atomic E-state index is 9.55. The number of hydrogen-bond donors (Lipinski definition) is 2. The molecule has 1 aliphatic rings. The number of rotatable bonds is 5. The van der Waals surface area contributed by atoms with Gasteiger partial charge in [0.1, 0.15) is 11.5 Å². The van der Waals surface area contributed by atoms with Gasteiger partial charge in [0, 0.05) is 18.8 Å². The Bertz CT molecular complexity index is 623. The van der Waals surface area contributed by atoms with E-state index in [2.05, 4.69) is 29.4 Å². The molecule has 0 saturated heterocycles. The molecule has 23 heavy (non-hydrogen) atoms. The summed E-state index contributed by atoms with van der Waals surface area (Å²) in [6, 6.07) is 10.6. The fraction of sp³-hybridized carbons (Fsp3) is 0.421. The molecule has 0 unspecified atom stereocenters. The summed E-state index contributed by atoms with van der Waals surface area (Å²) in [5, 5.41) is 13.1. The lowest BCUT2D eigenvalue weighted by molar-refractivity contribution is 0.116. The number of hydrogen-bond acceptors (Lipinski definition) is 4. The first-order chi connectivity index (χ1) is 11.2. The van der Waals surface area contributed by atoms with Crippen molar-refractivity contribution < 1.29 is 9.84 Å². The van der Waals surface area contributed by atoms with Gasteiger partial charge in [-0.1, -0.05) is 12.1 Å². The Balaban J connectivity index is 1.56. The third-order valence-electron chi connectivity index (χ3n) is 4.39. The molecule has 4 heteroatoms. The van der Waals surface area contributed by atoms with Gasteiger partial charge in [-0.05, 0) is 61.9 Å². The van der Waals surface area contributed by atoms with Crippen LogP contribution in [0.2, 0.25) is 0 Å². The number of aliphatic hydroxyl groups excluding tert-OH is 1. The van der Waals surface area contributed by atoms with Crippen molar-refractivity contribution in [3.05, 3.63) is 53.9 Å². The van der Waals surface area contributed by atoms with E-state index in [9.17, 15) is 5.11 Å². The minimum Gasteiger partial charge on any atom is -0.455 e. The van der Waals surface area contributed by atoms with E-state index >= 15 is 0 Å². The van der Waals surface area contributed by atoms with Crippen LogP contribution in [0.3, 0.4) is 0 Å². The van der Waals surface area contributed by atoms with Crippen molar-refractivity contribution in [2.75, 3.05) is 0 Å². The second-order valence-corrected chi connectivity index (χ2v) is 6.28. The fourth-order valence-corrected chi connectivity index (χ4v) is 3.01. The van der Waals surface area contributed by atoms with E-state index in [1.807, 2.05) is 18.2 Å². The number of aromatic nitrogens is 1. The number of aliphatic hydroxyl groups is 1. The van der Waals surface area contributed by atoms with Gasteiger partial charge >= 0.3 is 0 Å². The Kier molecular flexibility index (Phi) is 5.26. The molecule has 2 aromatic rings. The molecule has 1 saturated carbocycles. The molecule has 1 fully saturated rings. The molecule has 0 aliphatic heterocycles. The van der Waals surface area contributed by atoms with Crippen molar-refractivity contribution in [1.82, 2.24) is 10.3 Å². The van der Waals surface area contributed by atoms with Crippen LogP contribution in [-0.2, 0) is 6.54 Å². The third-order valence-corrected chi connectivity index (χ3v) is 4.39. The van der Waals surface area contributed by atoms with Crippen LogP contribution in [0.15, 0.2) is 42.7 Å². The van der Waals surface area contributed by atoms with Crippen LogP contribution in [0.25, 0.3) is 0 Å². The van der Waals surface area contributed by atoms with Crippen molar-refractivity contribution in [2.45, 2.75) is 51.3 Å². The van der Waals surface area contributed by atoms with Crippen LogP contribution in [0.4, 0.5) is 0 Å². The fourth-order valence-electron chi connectivity index (χ4n) is 3.01. The van der Waals surface area contributed by atoms with Crippen LogP contribution in [-0.4, -0.2) is 22.2 Å². The molecule has 0 radical (unpaired) electrons. The van der Waals surface area contributed by atoms with Gasteiger partial charge in [0.05, 0.1) is 12.3 Å². The first-order valence-electron chi connectivity index (χ1n) is 8.29. The quantitative estimate of drug-likeness (QED) is 0.886. The van der Waals surface area contributed by atoms with E-state index in [0.29, 0.717) is 6.04 Å². The minimum atomic E-state index is -0.0980. The number of ether oxygens (including phenoxy) is 1. The zero-order valence-electron chi connectivity index (χ0n) is 13.5. The molecule has 1 aromatic heterocycles. The largest absolute Gasteiger partial charge is 0.455 e. The Labute approximate surface area is 137 Å². The molecule has 4 nitrogen and oxygen atoms in total. The highest BCUT2D eigenvalue weighted by Gasteiger charge is 2.18. The number of benzene rings is 1. The lowest BCUT2D eigenvalue weighted by Gasteiger charge is -2.26. The van der Waals surface area contributed by atoms with Crippen LogP contribution in [0, 0.1) is 6.92 Å². The second-order valence-electron chi connectivity index (χ2n) is 6.28. The number of pyridine rings is 1. The summed E-state index contributed by atoms with van der Waals surface area (Å²) in [4.78, 5) is 4.06. The highest BCUT2D eigenvalue weighted by molar-refractivity contribution is 5.39. The molecule has 122 valence electrons. The molecular weight excluding hydrogens is 288 g/mol. The van der Waals surface area contributed by atoms with Crippen molar-refractivity contribution >= 4 is 0 Å². The Hall–Kier alpha value is -1.91. The highest BCUT2D eigenvalue weighted by atomic mass is 16.5. The van der Waals surface area contributed by atoms with Gasteiger partial charge in [-0.3, -0.25) is 4.98 Å². The van der Waals surface area contributed by atoms with Crippen molar-refractivity contribution in [2.24, 2.45) is 0 Å². The summed E-state index contributed by atoms with van der Waals surface area (Å²) in [6.07, 6.45) is 7.29. The molecule has 0 atom stereocenters. The zero-order valence-corrected chi connectivity index (χ0v) is 13.5. The van der Waals surface area contributed by atoms with E-state index in [4.69, 9.17) is 4.74 Å². The smallest absolute Gasteiger partial charge is 0.145 e. The van der Waals surface area contributed by atoms with E-state index in [1.165, 1.54) is 5.56 Å². The molecular formula is C19H24N2O2. The molecule has 0 spiro atoms. The Morgan fingerprint density at radius 1 is 1.22 bits per heavy atom. The molecule has 0 amide bonds. The summed E-state index contributed by atoms with van der Waals surface area (Å²) in [5.74, 6) is 1.62. The zero-order chi connectivity index (χ0) is 16.1. The summed E-state index contributed by atoms with van der Waals surface area (Å²) in [6.45, 7) is 2.92. The van der Waals surface area contributed by atoms with Crippen molar-refractivity contribution in [3.8, 4) is 11.5 Å². The summed E-state index contributed by atoms with van der Waals surface area (Å²) >= 11 is 0. The van der Waals surface area contributed by atoms with Gasteiger partial charge < -0.3 is 15.2 Å². The number of nitrogens with one attached hydrogen (secondary N) is 1. The van der Waals surface area contributed by atoms with Crippen LogP contribution in [0.1, 0.15) is 36.8 Å². The SMILES string of the molecule is Cc1cc(CNC2CCC(O)CC2)ccc1Oc1cccnc1. The Morgan fingerprint density at radius 2 is 2.04 bits per heavy atom. The van der Waals surface area contributed by atoms with Gasteiger partial charge in [-0.2, -0.15) is 0 Å². The monoisotopic (exact) mass is 312 g/mol. The maximum Gasteiger partial charge on any atom is 0.145 e. The Morgan fingerprint density at radius 3 is 2.74 bits per heavy atom. The highest BCUT2D eigenvalue weighted by Crippen LogP contribution is 2.25. The van der Waals surface area contributed by atoms with E-state index in [0.717, 1.165) is 49.3 Å². The lowest BCUT2D eigenvalue weighted by atomic mass is 9.93. The van der Waals surface area contributed by atoms with Crippen LogP contribution < -0.4 is 10.1 Å². The van der Waals surface area contributed by atoms with Crippen molar-refractivity contribution in [1.29, 1.82) is 0 Å². The average Bonchev–Trinajstić information content (AvgIpc) is 2.57. The standard InChI is InChI=1S/C19H24N2O2/c1-14-11-15(12-21-16-5-7-17(22)8-6-16)4-9-19(14)23-18-3-2-10-20-13-18/h2-4,9-11,13,16-17,21-22H,5-8,12H2,1H3. The minimum absolute atomic E-state index is 0.0980. The van der Waals surface area contributed by atoms with Gasteiger partial charge in [0.15, 0.2) is 0 Å². The second kappa shape index (κ2) is 7.57. The lowest BCUT2D eigenvalue weighted by Crippen LogP contribution is -2.34. The maximum atomic E-state index is 9.55.